The molecule has 0 aromatic rings. The molecular formula is C14H26ClN. The van der Waals surface area contributed by atoms with E-state index in [2.05, 4.69) is 12.2 Å². The Balaban J connectivity index is 0.000000963. The molecule has 94 valence electrons. The molecule has 0 amide bonds. The van der Waals surface area contributed by atoms with Crippen LogP contribution in [0.4, 0.5) is 0 Å². The van der Waals surface area contributed by atoms with Crippen LogP contribution >= 0.6 is 12.4 Å². The van der Waals surface area contributed by atoms with Gasteiger partial charge in [-0.05, 0) is 69.2 Å². The molecule has 0 radical (unpaired) electrons. The van der Waals surface area contributed by atoms with E-state index < -0.39 is 0 Å². The molecule has 1 N–H and O–H groups in total. The highest BCUT2D eigenvalue weighted by Crippen LogP contribution is 2.55. The predicted octanol–water partition coefficient (Wildman–Crippen LogP) is 3.77. The molecular weight excluding hydrogens is 218 g/mol. The van der Waals surface area contributed by atoms with Crippen molar-refractivity contribution in [2.24, 2.45) is 17.8 Å². The highest BCUT2D eigenvalue weighted by molar-refractivity contribution is 5.85. The second-order valence-corrected chi connectivity index (χ2v) is 6.48. The van der Waals surface area contributed by atoms with Crippen molar-refractivity contribution >= 4 is 12.4 Å². The maximum absolute atomic E-state index is 3.93. The van der Waals surface area contributed by atoms with Crippen LogP contribution in [0.2, 0.25) is 0 Å². The third-order valence-corrected chi connectivity index (χ3v) is 5.07. The molecule has 0 aromatic heterocycles. The van der Waals surface area contributed by atoms with Gasteiger partial charge in [0.2, 0.25) is 0 Å². The first-order valence-corrected chi connectivity index (χ1v) is 7.05. The van der Waals surface area contributed by atoms with Crippen molar-refractivity contribution in [2.75, 3.05) is 6.54 Å². The van der Waals surface area contributed by atoms with E-state index >= 15 is 0 Å². The second kappa shape index (κ2) is 4.86. The summed E-state index contributed by atoms with van der Waals surface area (Å²) >= 11 is 0. The quantitative estimate of drug-likeness (QED) is 0.742. The van der Waals surface area contributed by atoms with Crippen LogP contribution in [0.3, 0.4) is 0 Å². The van der Waals surface area contributed by atoms with Gasteiger partial charge in [0.15, 0.2) is 0 Å². The number of nitrogens with one attached hydrogen (secondary N) is 1. The third kappa shape index (κ3) is 2.26. The Hall–Kier alpha value is 0.250. The summed E-state index contributed by atoms with van der Waals surface area (Å²) in [5.41, 5.74) is 0.601. The van der Waals surface area contributed by atoms with Gasteiger partial charge in [0.25, 0.3) is 0 Å². The van der Waals surface area contributed by atoms with Gasteiger partial charge in [-0.1, -0.05) is 13.3 Å². The van der Waals surface area contributed by atoms with Gasteiger partial charge in [-0.25, -0.2) is 0 Å². The average Bonchev–Trinajstić information content (AvgIpc) is 2.15. The van der Waals surface area contributed by atoms with Crippen molar-refractivity contribution in [3.63, 3.8) is 0 Å². The largest absolute Gasteiger partial charge is 0.311 e. The zero-order valence-electron chi connectivity index (χ0n) is 10.5. The lowest BCUT2D eigenvalue weighted by Crippen LogP contribution is -2.58. The van der Waals surface area contributed by atoms with Crippen molar-refractivity contribution < 1.29 is 0 Å². The van der Waals surface area contributed by atoms with Crippen LogP contribution in [0.5, 0.6) is 0 Å². The summed E-state index contributed by atoms with van der Waals surface area (Å²) in [6.07, 6.45) is 11.9. The topological polar surface area (TPSA) is 12.0 Å². The van der Waals surface area contributed by atoms with Gasteiger partial charge in [0, 0.05) is 5.54 Å². The molecule has 1 nitrogen and oxygen atoms in total. The molecule has 0 saturated heterocycles. The van der Waals surface area contributed by atoms with Crippen molar-refractivity contribution in [3.05, 3.63) is 0 Å². The monoisotopic (exact) mass is 243 g/mol. The maximum Gasteiger partial charge on any atom is 0.0189 e. The fourth-order valence-electron chi connectivity index (χ4n) is 4.86. The molecule has 16 heavy (non-hydrogen) atoms. The van der Waals surface area contributed by atoms with E-state index in [1.807, 2.05) is 0 Å². The molecule has 0 heterocycles. The molecule has 4 rings (SSSR count). The first-order valence-electron chi connectivity index (χ1n) is 7.05. The molecule has 0 unspecified atom stereocenters. The van der Waals surface area contributed by atoms with E-state index in [-0.39, 0.29) is 12.4 Å². The van der Waals surface area contributed by atoms with Gasteiger partial charge in [0.1, 0.15) is 0 Å². The molecule has 0 atom stereocenters. The zero-order chi connectivity index (χ0) is 10.3. The minimum Gasteiger partial charge on any atom is -0.311 e. The van der Waals surface area contributed by atoms with Crippen molar-refractivity contribution in [2.45, 2.75) is 63.8 Å². The van der Waals surface area contributed by atoms with Crippen LogP contribution in [0.1, 0.15) is 58.3 Å². The van der Waals surface area contributed by atoms with Crippen molar-refractivity contribution in [1.82, 2.24) is 5.32 Å². The van der Waals surface area contributed by atoms with E-state index in [0.29, 0.717) is 5.54 Å². The fourth-order valence-corrected chi connectivity index (χ4v) is 4.86. The molecule has 4 saturated carbocycles. The van der Waals surface area contributed by atoms with Crippen LogP contribution < -0.4 is 5.32 Å². The molecule has 4 aliphatic carbocycles. The maximum atomic E-state index is 3.93. The zero-order valence-corrected chi connectivity index (χ0v) is 11.3. The van der Waals surface area contributed by atoms with Crippen LogP contribution in [0.15, 0.2) is 0 Å². The Morgan fingerprint density at radius 2 is 1.50 bits per heavy atom. The minimum atomic E-state index is 0. The van der Waals surface area contributed by atoms with E-state index in [1.165, 1.54) is 38.6 Å². The normalized spacial score (nSPS) is 44.4. The van der Waals surface area contributed by atoms with Crippen LogP contribution in [-0.2, 0) is 0 Å². The van der Waals surface area contributed by atoms with Gasteiger partial charge in [-0.2, -0.15) is 0 Å². The highest BCUT2D eigenvalue weighted by Gasteiger charge is 2.50. The lowest BCUT2D eigenvalue weighted by Gasteiger charge is -2.57. The summed E-state index contributed by atoms with van der Waals surface area (Å²) < 4.78 is 0. The van der Waals surface area contributed by atoms with Gasteiger partial charge in [0.05, 0.1) is 0 Å². The lowest BCUT2D eigenvalue weighted by molar-refractivity contribution is -0.0195. The van der Waals surface area contributed by atoms with Crippen molar-refractivity contribution in [3.8, 4) is 0 Å². The molecule has 4 bridgehead atoms. The summed E-state index contributed by atoms with van der Waals surface area (Å²) in [5, 5.41) is 3.93. The highest BCUT2D eigenvalue weighted by atomic mass is 35.5. The predicted molar refractivity (Wildman–Crippen MR) is 71.1 cm³/mol. The Bertz CT molecular complexity index is 204. The first-order chi connectivity index (χ1) is 7.30. The Morgan fingerprint density at radius 1 is 1.00 bits per heavy atom. The lowest BCUT2D eigenvalue weighted by atomic mass is 9.53. The number of halogens is 1. The Kier molecular flexibility index (Phi) is 3.86. The number of unbranched alkanes of at least 4 members (excludes halogenated alkanes) is 1. The van der Waals surface area contributed by atoms with E-state index in [9.17, 15) is 0 Å². The van der Waals surface area contributed by atoms with Gasteiger partial charge in [-0.3, -0.25) is 0 Å². The second-order valence-electron chi connectivity index (χ2n) is 6.48. The van der Waals surface area contributed by atoms with Crippen LogP contribution in [-0.4, -0.2) is 12.1 Å². The van der Waals surface area contributed by atoms with Gasteiger partial charge in [-0.15, -0.1) is 12.4 Å². The van der Waals surface area contributed by atoms with E-state index in [1.54, 1.807) is 19.3 Å². The first kappa shape index (κ1) is 12.7. The van der Waals surface area contributed by atoms with E-state index in [4.69, 9.17) is 0 Å². The summed E-state index contributed by atoms with van der Waals surface area (Å²) in [5.74, 6) is 3.26. The summed E-state index contributed by atoms with van der Waals surface area (Å²) in [7, 11) is 0. The molecule has 2 heteroatoms. The standard InChI is InChI=1S/C14H25N.ClH/c1-2-3-4-15-14-8-11-5-12(9-14)7-13(6-11)10-14;/h11-13,15H,2-10H2,1H3;1H. The minimum absolute atomic E-state index is 0. The van der Waals surface area contributed by atoms with Crippen LogP contribution in [0, 0.1) is 17.8 Å². The molecule has 0 aromatic carbocycles. The number of hydrogen-bond donors (Lipinski definition) is 1. The Labute approximate surface area is 106 Å². The molecule has 0 spiro atoms. The SMILES string of the molecule is CCCCNC12CC3CC(CC(C3)C1)C2.Cl. The van der Waals surface area contributed by atoms with Gasteiger partial charge < -0.3 is 5.32 Å². The van der Waals surface area contributed by atoms with Gasteiger partial charge >= 0.3 is 0 Å². The molecule has 4 fully saturated rings. The number of hydrogen-bond acceptors (Lipinski definition) is 1. The molecule has 4 aliphatic rings. The smallest absolute Gasteiger partial charge is 0.0189 e. The Morgan fingerprint density at radius 3 is 1.94 bits per heavy atom. The summed E-state index contributed by atoms with van der Waals surface area (Å²) in [6, 6.07) is 0. The fraction of sp³-hybridized carbons (Fsp3) is 1.00. The van der Waals surface area contributed by atoms with Crippen molar-refractivity contribution in [1.29, 1.82) is 0 Å². The van der Waals surface area contributed by atoms with E-state index in [0.717, 1.165) is 17.8 Å². The third-order valence-electron chi connectivity index (χ3n) is 5.07. The molecule has 0 aliphatic heterocycles. The summed E-state index contributed by atoms with van der Waals surface area (Å²) in [6.45, 7) is 3.56. The van der Waals surface area contributed by atoms with Crippen LogP contribution in [0.25, 0.3) is 0 Å². The summed E-state index contributed by atoms with van der Waals surface area (Å²) in [4.78, 5) is 0. The average molecular weight is 244 g/mol. The number of rotatable bonds is 4.